The Morgan fingerprint density at radius 2 is 1.68 bits per heavy atom. The van der Waals surface area contributed by atoms with Crippen molar-refractivity contribution in [1.82, 2.24) is 19.9 Å². The zero-order chi connectivity index (χ0) is 14.0. The van der Waals surface area contributed by atoms with Crippen molar-refractivity contribution >= 4 is 11.6 Å². The average molecular weight is 293 g/mol. The third-order valence-electron chi connectivity index (χ3n) is 2.13. The summed E-state index contributed by atoms with van der Waals surface area (Å²) in [7, 11) is 0. The third kappa shape index (κ3) is 2.95. The molecule has 0 N–H and O–H groups in total. The van der Waals surface area contributed by atoms with Crippen LogP contribution in [-0.4, -0.2) is 19.9 Å². The molecular formula is C10H5ClF4N4. The highest BCUT2D eigenvalue weighted by atomic mass is 35.5. The second-order valence-corrected chi connectivity index (χ2v) is 3.78. The molecule has 0 aliphatic rings. The SMILES string of the molecule is FCc1ncc(-c2ncc(C(F)(F)F)c(Cl)n2)cn1. The molecule has 0 saturated carbocycles. The molecule has 0 bridgehead atoms. The minimum Gasteiger partial charge on any atom is -0.242 e. The zero-order valence-electron chi connectivity index (χ0n) is 9.12. The van der Waals surface area contributed by atoms with Gasteiger partial charge in [0.2, 0.25) is 0 Å². The summed E-state index contributed by atoms with van der Waals surface area (Å²) in [6.07, 6.45) is -1.63. The molecule has 9 heteroatoms. The number of rotatable bonds is 2. The van der Waals surface area contributed by atoms with Crippen molar-refractivity contribution in [2.75, 3.05) is 0 Å². The molecule has 0 amide bonds. The second kappa shape index (κ2) is 5.04. The van der Waals surface area contributed by atoms with Gasteiger partial charge in [-0.1, -0.05) is 11.6 Å². The highest BCUT2D eigenvalue weighted by Gasteiger charge is 2.34. The largest absolute Gasteiger partial charge is 0.420 e. The van der Waals surface area contributed by atoms with Crippen LogP contribution in [0.5, 0.6) is 0 Å². The van der Waals surface area contributed by atoms with Crippen LogP contribution in [0.25, 0.3) is 11.4 Å². The lowest BCUT2D eigenvalue weighted by atomic mass is 10.3. The Kier molecular flexibility index (Phi) is 3.61. The molecule has 0 radical (unpaired) electrons. The maximum Gasteiger partial charge on any atom is 0.420 e. The van der Waals surface area contributed by atoms with Crippen molar-refractivity contribution in [2.24, 2.45) is 0 Å². The summed E-state index contributed by atoms with van der Waals surface area (Å²) < 4.78 is 49.6. The van der Waals surface area contributed by atoms with Crippen LogP contribution in [-0.2, 0) is 12.9 Å². The molecule has 2 aromatic rings. The van der Waals surface area contributed by atoms with Crippen LogP contribution in [0.3, 0.4) is 0 Å². The average Bonchev–Trinajstić information content (AvgIpc) is 2.37. The minimum absolute atomic E-state index is 0.0400. The van der Waals surface area contributed by atoms with Crippen LogP contribution < -0.4 is 0 Å². The van der Waals surface area contributed by atoms with E-state index in [1.165, 1.54) is 12.4 Å². The van der Waals surface area contributed by atoms with E-state index in [-0.39, 0.29) is 17.2 Å². The first kappa shape index (κ1) is 13.6. The van der Waals surface area contributed by atoms with E-state index in [1.807, 2.05) is 0 Å². The van der Waals surface area contributed by atoms with Crippen molar-refractivity contribution in [1.29, 1.82) is 0 Å². The van der Waals surface area contributed by atoms with Crippen molar-refractivity contribution in [3.63, 3.8) is 0 Å². The summed E-state index contributed by atoms with van der Waals surface area (Å²) in [5.74, 6) is -0.106. The smallest absolute Gasteiger partial charge is 0.242 e. The maximum absolute atomic E-state index is 12.5. The predicted molar refractivity (Wildman–Crippen MR) is 57.9 cm³/mol. The number of hydrogen-bond donors (Lipinski definition) is 0. The second-order valence-electron chi connectivity index (χ2n) is 3.42. The molecule has 2 heterocycles. The van der Waals surface area contributed by atoms with Gasteiger partial charge >= 0.3 is 6.18 Å². The first-order chi connectivity index (χ1) is 8.91. The molecule has 0 saturated heterocycles. The Bertz CT molecular complexity index is 585. The van der Waals surface area contributed by atoms with E-state index < -0.39 is 23.6 Å². The molecule has 2 aromatic heterocycles. The molecule has 100 valence electrons. The third-order valence-corrected chi connectivity index (χ3v) is 2.42. The quantitative estimate of drug-likeness (QED) is 0.630. The Morgan fingerprint density at radius 3 is 2.16 bits per heavy atom. The molecule has 2 rings (SSSR count). The number of aromatic nitrogens is 4. The topological polar surface area (TPSA) is 51.6 Å². The lowest BCUT2D eigenvalue weighted by Gasteiger charge is -2.08. The van der Waals surface area contributed by atoms with Crippen LogP contribution in [0.4, 0.5) is 17.6 Å². The summed E-state index contributed by atoms with van der Waals surface area (Å²) in [5, 5.41) is -0.716. The van der Waals surface area contributed by atoms with Crippen molar-refractivity contribution in [3.8, 4) is 11.4 Å². The monoisotopic (exact) mass is 292 g/mol. The lowest BCUT2D eigenvalue weighted by molar-refractivity contribution is -0.137. The van der Waals surface area contributed by atoms with Gasteiger partial charge < -0.3 is 0 Å². The van der Waals surface area contributed by atoms with E-state index in [2.05, 4.69) is 19.9 Å². The molecule has 0 fully saturated rings. The fourth-order valence-corrected chi connectivity index (χ4v) is 1.47. The Hall–Kier alpha value is -1.83. The van der Waals surface area contributed by atoms with E-state index in [1.54, 1.807) is 0 Å². The Labute approximate surface area is 109 Å². The number of nitrogens with zero attached hydrogens (tertiary/aromatic N) is 4. The maximum atomic E-state index is 12.5. The summed E-state index contributed by atoms with van der Waals surface area (Å²) >= 11 is 5.45. The van der Waals surface area contributed by atoms with E-state index >= 15 is 0 Å². The zero-order valence-corrected chi connectivity index (χ0v) is 9.87. The van der Waals surface area contributed by atoms with Gasteiger partial charge in [-0.2, -0.15) is 13.2 Å². The molecule has 0 spiro atoms. The highest BCUT2D eigenvalue weighted by molar-refractivity contribution is 6.30. The van der Waals surface area contributed by atoms with Crippen LogP contribution in [0.15, 0.2) is 18.6 Å². The predicted octanol–water partition coefficient (Wildman–Crippen LogP) is 3.08. The number of alkyl halides is 4. The van der Waals surface area contributed by atoms with E-state index in [9.17, 15) is 17.6 Å². The molecule has 4 nitrogen and oxygen atoms in total. The molecule has 0 aliphatic carbocycles. The van der Waals surface area contributed by atoms with Gasteiger partial charge in [0.15, 0.2) is 11.6 Å². The van der Waals surface area contributed by atoms with Crippen molar-refractivity contribution < 1.29 is 17.6 Å². The highest BCUT2D eigenvalue weighted by Crippen LogP contribution is 2.33. The van der Waals surface area contributed by atoms with Crippen LogP contribution >= 0.6 is 11.6 Å². The summed E-state index contributed by atoms with van der Waals surface area (Å²) in [6.45, 7) is -0.838. The Balaban J connectivity index is 2.38. The number of halogens is 5. The van der Waals surface area contributed by atoms with Crippen LogP contribution in [0, 0.1) is 0 Å². The van der Waals surface area contributed by atoms with Crippen LogP contribution in [0.1, 0.15) is 11.4 Å². The summed E-state index contributed by atoms with van der Waals surface area (Å²) in [5.41, 5.74) is -0.882. The van der Waals surface area contributed by atoms with Crippen molar-refractivity contribution in [2.45, 2.75) is 12.9 Å². The summed E-state index contributed by atoms with van der Waals surface area (Å²) in [6, 6.07) is 0. The van der Waals surface area contributed by atoms with Gasteiger partial charge in [0.05, 0.1) is 5.56 Å². The van der Waals surface area contributed by atoms with Crippen molar-refractivity contribution in [3.05, 3.63) is 35.1 Å². The molecule has 19 heavy (non-hydrogen) atoms. The van der Waals surface area contributed by atoms with E-state index in [4.69, 9.17) is 11.6 Å². The van der Waals surface area contributed by atoms with Gasteiger partial charge in [-0.3, -0.25) is 0 Å². The molecule has 0 atom stereocenters. The fourth-order valence-electron chi connectivity index (χ4n) is 1.23. The van der Waals surface area contributed by atoms with Gasteiger partial charge in [-0.25, -0.2) is 24.3 Å². The normalized spacial score (nSPS) is 11.6. The van der Waals surface area contributed by atoms with Gasteiger partial charge in [0.1, 0.15) is 17.4 Å². The van der Waals surface area contributed by atoms with Gasteiger partial charge in [-0.15, -0.1) is 0 Å². The molecular weight excluding hydrogens is 288 g/mol. The first-order valence-corrected chi connectivity index (χ1v) is 5.26. The van der Waals surface area contributed by atoms with Crippen LogP contribution in [0.2, 0.25) is 5.15 Å². The molecule has 0 aromatic carbocycles. The molecule has 0 unspecified atom stereocenters. The summed E-state index contributed by atoms with van der Waals surface area (Å²) in [4.78, 5) is 14.4. The number of hydrogen-bond acceptors (Lipinski definition) is 4. The lowest BCUT2D eigenvalue weighted by Crippen LogP contribution is -2.08. The molecule has 0 aliphatic heterocycles. The Morgan fingerprint density at radius 1 is 1.05 bits per heavy atom. The van der Waals surface area contributed by atoms with Gasteiger partial charge in [0, 0.05) is 18.6 Å². The first-order valence-electron chi connectivity index (χ1n) is 4.89. The van der Waals surface area contributed by atoms with E-state index in [0.717, 1.165) is 0 Å². The van der Waals surface area contributed by atoms with E-state index in [0.29, 0.717) is 6.20 Å². The minimum atomic E-state index is -4.62. The van der Waals surface area contributed by atoms with Gasteiger partial charge in [0.25, 0.3) is 0 Å². The fraction of sp³-hybridized carbons (Fsp3) is 0.200. The van der Waals surface area contributed by atoms with Gasteiger partial charge in [-0.05, 0) is 0 Å². The standard InChI is InChI=1S/C10H5ClF4N4/c11-8-6(10(13,14)15)4-18-9(19-8)5-2-16-7(1-12)17-3-5/h2-4H,1H2.